The molecule has 0 saturated heterocycles. The van der Waals surface area contributed by atoms with Crippen molar-refractivity contribution in [3.8, 4) is 22.8 Å². The number of carbonyl (C=O) groups excluding carboxylic acids is 1. The van der Waals surface area contributed by atoms with Crippen LogP contribution in [0.15, 0.2) is 99.8 Å². The van der Waals surface area contributed by atoms with Crippen LogP contribution in [0.3, 0.4) is 0 Å². The highest BCUT2D eigenvalue weighted by atomic mass is 35.5. The molecule has 186 valence electrons. The fourth-order valence-corrected chi connectivity index (χ4v) is 4.83. The summed E-state index contributed by atoms with van der Waals surface area (Å²) in [6.07, 6.45) is 2.97. The van der Waals surface area contributed by atoms with E-state index in [1.54, 1.807) is 48.5 Å². The molecule has 6 aromatic rings. The molecule has 38 heavy (non-hydrogen) atoms. The fourth-order valence-electron chi connectivity index (χ4n) is 4.20. The van der Waals surface area contributed by atoms with Crippen molar-refractivity contribution in [3.63, 3.8) is 0 Å². The molecular formula is C30H17Cl3N2O3. The first kappa shape index (κ1) is 24.3. The van der Waals surface area contributed by atoms with Crippen molar-refractivity contribution in [2.75, 3.05) is 5.32 Å². The standard InChI is InChI=1S/C30H17Cl3N2O3/c31-23-8-2-4-19-20(23)5-1-6-21(19)30-35-25-16-17(10-13-27(25)38-30)34-28(36)15-12-18-11-14-26(37-18)22-7-3-9-24(32)29(22)33/h1-16H,(H,34,36). The van der Waals surface area contributed by atoms with E-state index in [1.165, 1.54) is 6.08 Å². The lowest BCUT2D eigenvalue weighted by molar-refractivity contribution is -0.111. The Hall–Kier alpha value is -4.03. The molecule has 2 heterocycles. The zero-order valence-corrected chi connectivity index (χ0v) is 21.8. The SMILES string of the molecule is O=C(C=Cc1ccc(-c2cccc(Cl)c2Cl)o1)Nc1ccc2oc(-c3cccc4c(Cl)cccc34)nc2c1. The van der Waals surface area contributed by atoms with Crippen LogP contribution in [0.4, 0.5) is 5.69 Å². The number of halogens is 3. The van der Waals surface area contributed by atoms with E-state index >= 15 is 0 Å². The number of furan rings is 1. The molecule has 0 saturated carbocycles. The summed E-state index contributed by atoms with van der Waals surface area (Å²) in [6.45, 7) is 0. The van der Waals surface area contributed by atoms with E-state index in [1.807, 2.05) is 42.5 Å². The van der Waals surface area contributed by atoms with Crippen molar-refractivity contribution in [2.24, 2.45) is 0 Å². The van der Waals surface area contributed by atoms with E-state index in [4.69, 9.17) is 43.6 Å². The molecular weight excluding hydrogens is 543 g/mol. The smallest absolute Gasteiger partial charge is 0.248 e. The molecule has 0 radical (unpaired) electrons. The van der Waals surface area contributed by atoms with Gasteiger partial charge < -0.3 is 14.2 Å². The second kappa shape index (κ2) is 10.0. The van der Waals surface area contributed by atoms with Crippen LogP contribution in [-0.2, 0) is 4.79 Å². The minimum absolute atomic E-state index is 0.324. The van der Waals surface area contributed by atoms with E-state index in [0.29, 0.717) is 54.8 Å². The number of anilines is 1. The fraction of sp³-hybridized carbons (Fsp3) is 0. The van der Waals surface area contributed by atoms with Crippen LogP contribution in [0.2, 0.25) is 15.1 Å². The Balaban J connectivity index is 1.20. The van der Waals surface area contributed by atoms with Gasteiger partial charge >= 0.3 is 0 Å². The number of nitrogens with zero attached hydrogens (tertiary/aromatic N) is 1. The Kier molecular flexibility index (Phi) is 6.42. The summed E-state index contributed by atoms with van der Waals surface area (Å²) in [5, 5.41) is 6.23. The Morgan fingerprint density at radius 3 is 2.45 bits per heavy atom. The van der Waals surface area contributed by atoms with Crippen molar-refractivity contribution in [1.82, 2.24) is 4.98 Å². The molecule has 4 aromatic carbocycles. The van der Waals surface area contributed by atoms with Crippen LogP contribution in [-0.4, -0.2) is 10.9 Å². The van der Waals surface area contributed by atoms with Crippen LogP contribution >= 0.6 is 34.8 Å². The first-order valence-corrected chi connectivity index (χ1v) is 12.7. The van der Waals surface area contributed by atoms with Crippen molar-refractivity contribution in [3.05, 3.63) is 112 Å². The molecule has 0 aliphatic rings. The van der Waals surface area contributed by atoms with E-state index in [9.17, 15) is 4.79 Å². The minimum atomic E-state index is -0.324. The highest BCUT2D eigenvalue weighted by Gasteiger charge is 2.14. The maximum absolute atomic E-state index is 12.6. The molecule has 0 atom stereocenters. The number of oxazole rings is 1. The largest absolute Gasteiger partial charge is 0.457 e. The summed E-state index contributed by atoms with van der Waals surface area (Å²) >= 11 is 18.7. The van der Waals surface area contributed by atoms with E-state index < -0.39 is 0 Å². The van der Waals surface area contributed by atoms with Crippen molar-refractivity contribution < 1.29 is 13.6 Å². The average molecular weight is 560 g/mol. The number of fused-ring (bicyclic) bond motifs is 2. The number of hydrogen-bond acceptors (Lipinski definition) is 4. The van der Waals surface area contributed by atoms with Gasteiger partial charge in [-0.1, -0.05) is 65.1 Å². The van der Waals surface area contributed by atoms with Gasteiger partial charge in [0.2, 0.25) is 11.8 Å². The molecule has 8 heteroatoms. The van der Waals surface area contributed by atoms with E-state index in [2.05, 4.69) is 10.3 Å². The Morgan fingerprint density at radius 1 is 0.789 bits per heavy atom. The van der Waals surface area contributed by atoms with Crippen LogP contribution in [0.1, 0.15) is 5.76 Å². The van der Waals surface area contributed by atoms with Crippen LogP contribution in [0.5, 0.6) is 0 Å². The molecule has 1 N–H and O–H groups in total. The molecule has 0 unspecified atom stereocenters. The van der Waals surface area contributed by atoms with E-state index in [0.717, 1.165) is 16.3 Å². The maximum Gasteiger partial charge on any atom is 0.248 e. The van der Waals surface area contributed by atoms with Crippen LogP contribution in [0, 0.1) is 0 Å². The van der Waals surface area contributed by atoms with Gasteiger partial charge in [-0.05, 0) is 66.1 Å². The number of amides is 1. The molecule has 0 aliphatic heterocycles. The molecule has 0 bridgehead atoms. The number of aromatic nitrogens is 1. The summed E-state index contributed by atoms with van der Waals surface area (Å²) < 4.78 is 11.8. The van der Waals surface area contributed by atoms with Gasteiger partial charge in [0.1, 0.15) is 17.0 Å². The summed E-state index contributed by atoms with van der Waals surface area (Å²) in [4.78, 5) is 17.2. The number of benzene rings is 4. The lowest BCUT2D eigenvalue weighted by atomic mass is 10.0. The Bertz CT molecular complexity index is 1870. The predicted octanol–water partition coefficient (Wildman–Crippen LogP) is 9.52. The van der Waals surface area contributed by atoms with E-state index in [-0.39, 0.29) is 5.91 Å². The zero-order chi connectivity index (χ0) is 26.2. The number of carbonyl (C=O) groups is 1. The normalized spacial score (nSPS) is 11.6. The van der Waals surface area contributed by atoms with Crippen LogP contribution in [0.25, 0.3) is 50.7 Å². The third kappa shape index (κ3) is 4.68. The summed E-state index contributed by atoms with van der Waals surface area (Å²) in [5.41, 5.74) is 3.32. The zero-order valence-electron chi connectivity index (χ0n) is 19.5. The summed E-state index contributed by atoms with van der Waals surface area (Å²) in [7, 11) is 0. The van der Waals surface area contributed by atoms with Gasteiger partial charge in [0.25, 0.3) is 0 Å². The molecule has 5 nitrogen and oxygen atoms in total. The number of rotatable bonds is 5. The highest BCUT2D eigenvalue weighted by Crippen LogP contribution is 2.35. The maximum atomic E-state index is 12.6. The second-order valence-electron chi connectivity index (χ2n) is 8.47. The molecule has 0 fully saturated rings. The quantitative estimate of drug-likeness (QED) is 0.214. The highest BCUT2D eigenvalue weighted by molar-refractivity contribution is 6.43. The first-order valence-electron chi connectivity index (χ1n) is 11.6. The van der Waals surface area contributed by atoms with Gasteiger partial charge in [0.15, 0.2) is 5.58 Å². The molecule has 0 spiro atoms. The number of nitrogens with one attached hydrogen (secondary N) is 1. The predicted molar refractivity (Wildman–Crippen MR) is 154 cm³/mol. The average Bonchev–Trinajstić information content (AvgIpc) is 3.56. The van der Waals surface area contributed by atoms with Gasteiger partial charge in [-0.25, -0.2) is 4.98 Å². The Labute approximate surface area is 232 Å². The van der Waals surface area contributed by atoms with Crippen molar-refractivity contribution in [2.45, 2.75) is 0 Å². The number of hydrogen-bond donors (Lipinski definition) is 1. The van der Waals surface area contributed by atoms with Crippen LogP contribution < -0.4 is 5.32 Å². The third-order valence-electron chi connectivity index (χ3n) is 6.00. The van der Waals surface area contributed by atoms with Crippen molar-refractivity contribution in [1.29, 1.82) is 0 Å². The second-order valence-corrected chi connectivity index (χ2v) is 9.66. The van der Waals surface area contributed by atoms with Gasteiger partial charge in [0, 0.05) is 33.3 Å². The van der Waals surface area contributed by atoms with Gasteiger partial charge in [-0.15, -0.1) is 0 Å². The summed E-state index contributed by atoms with van der Waals surface area (Å²) in [5.74, 6) is 1.21. The minimum Gasteiger partial charge on any atom is -0.457 e. The molecule has 1 amide bonds. The summed E-state index contributed by atoms with van der Waals surface area (Å²) in [6, 6.07) is 25.7. The van der Waals surface area contributed by atoms with Gasteiger partial charge in [-0.3, -0.25) is 4.79 Å². The third-order valence-corrected chi connectivity index (χ3v) is 7.15. The van der Waals surface area contributed by atoms with Crippen molar-refractivity contribution >= 4 is 74.3 Å². The lowest BCUT2D eigenvalue weighted by Gasteiger charge is -2.04. The van der Waals surface area contributed by atoms with Gasteiger partial charge in [-0.2, -0.15) is 0 Å². The molecule has 0 aliphatic carbocycles. The Morgan fingerprint density at radius 2 is 1.55 bits per heavy atom. The monoisotopic (exact) mass is 558 g/mol. The molecule has 2 aromatic heterocycles. The molecule has 6 rings (SSSR count). The lowest BCUT2D eigenvalue weighted by Crippen LogP contribution is -2.07. The van der Waals surface area contributed by atoms with Gasteiger partial charge in [0.05, 0.1) is 10.0 Å². The first-order chi connectivity index (χ1) is 18.5. The topological polar surface area (TPSA) is 68.3 Å².